The van der Waals surface area contributed by atoms with Gasteiger partial charge in [0.25, 0.3) is 0 Å². The normalized spacial score (nSPS) is 16.7. The molecule has 0 heterocycles. The maximum absolute atomic E-state index is 5.98. The molecule has 0 amide bonds. The number of rotatable bonds is 3. The quantitative estimate of drug-likeness (QED) is 0.483. The van der Waals surface area contributed by atoms with Gasteiger partial charge in [-0.3, -0.25) is 0 Å². The monoisotopic (exact) mass is 231 g/mol. The smallest absolute Gasteiger partial charge is 0.121 e. The molecule has 2 nitrogen and oxygen atoms in total. The van der Waals surface area contributed by atoms with E-state index in [0.29, 0.717) is 4.59 Å². The third-order valence-corrected chi connectivity index (χ3v) is 3.39. The largest absolute Gasteiger partial charge is 0.249 e. The molecule has 0 bridgehead atoms. The summed E-state index contributed by atoms with van der Waals surface area (Å²) in [7, 11) is 4.02. The summed E-state index contributed by atoms with van der Waals surface area (Å²) in [6.45, 7) is 3.13. The van der Waals surface area contributed by atoms with Crippen LogP contribution in [0.4, 0.5) is 0 Å². The van der Waals surface area contributed by atoms with Crippen LogP contribution in [0.2, 0.25) is 0 Å². The van der Waals surface area contributed by atoms with Crippen LogP contribution in [0.1, 0.15) is 37.3 Å². The van der Waals surface area contributed by atoms with Crippen molar-refractivity contribution in [2.45, 2.75) is 32.7 Å². The number of hydrogen-bond donors (Lipinski definition) is 1. The molecular weight excluding hydrogens is 208 g/mol. The zero-order valence-corrected chi connectivity index (χ0v) is 11.2. The molecule has 17 heavy (non-hydrogen) atoms. The van der Waals surface area contributed by atoms with Crippen molar-refractivity contribution in [3.63, 3.8) is 0 Å². The fourth-order valence-electron chi connectivity index (χ4n) is 2.57. The van der Waals surface area contributed by atoms with Crippen molar-refractivity contribution in [2.75, 3.05) is 14.1 Å². The van der Waals surface area contributed by atoms with Crippen LogP contribution in [-0.4, -0.2) is 18.7 Å². The molecule has 0 saturated heterocycles. The summed E-state index contributed by atoms with van der Waals surface area (Å²) in [5.41, 5.74) is 5.81. The third-order valence-electron chi connectivity index (χ3n) is 3.39. The molecule has 0 radical (unpaired) electrons. The van der Waals surface area contributed by atoms with Crippen LogP contribution in [0.5, 0.6) is 0 Å². The zero-order valence-electron chi connectivity index (χ0n) is 11.2. The maximum atomic E-state index is 5.98. The maximum Gasteiger partial charge on any atom is 0.121 e. The molecule has 0 unspecified atom stereocenters. The van der Waals surface area contributed by atoms with Gasteiger partial charge in [0.05, 0.1) is 14.1 Å². The molecule has 2 rings (SSSR count). The Hall–Kier alpha value is -1.12. The summed E-state index contributed by atoms with van der Waals surface area (Å²) in [6, 6.07) is 8.91. The van der Waals surface area contributed by atoms with Crippen molar-refractivity contribution in [3.8, 4) is 0 Å². The molecule has 0 spiro atoms. The van der Waals surface area contributed by atoms with Gasteiger partial charge in [0.15, 0.2) is 0 Å². The van der Waals surface area contributed by atoms with Gasteiger partial charge in [-0.15, -0.1) is 0 Å². The molecule has 2 heteroatoms. The SMILES string of the molecule is CC1=C(c2ccc(C[N+](C)(C)N)cc2)CCC1. The third kappa shape index (κ3) is 3.18. The van der Waals surface area contributed by atoms with Gasteiger partial charge in [0.2, 0.25) is 0 Å². The molecule has 1 aliphatic carbocycles. The van der Waals surface area contributed by atoms with Crippen molar-refractivity contribution in [3.05, 3.63) is 41.0 Å². The molecule has 0 aromatic heterocycles. The second-order valence-electron chi connectivity index (χ2n) is 5.75. The number of quaternary nitrogens is 1. The highest BCUT2D eigenvalue weighted by Crippen LogP contribution is 2.33. The van der Waals surface area contributed by atoms with Crippen LogP contribution in [0.15, 0.2) is 29.8 Å². The molecule has 0 atom stereocenters. The Kier molecular flexibility index (Phi) is 3.36. The molecule has 2 N–H and O–H groups in total. The fraction of sp³-hybridized carbons (Fsp3) is 0.467. The predicted molar refractivity (Wildman–Crippen MR) is 72.9 cm³/mol. The van der Waals surface area contributed by atoms with Gasteiger partial charge in [-0.05, 0) is 37.3 Å². The standard InChI is InChI=1S/C15H23N2/c1-12-5-4-6-15(12)14-9-7-13(8-10-14)11-17(2,3)16/h7-10H,4-6,11,16H2,1-3H3/q+1. The Morgan fingerprint density at radius 1 is 1.12 bits per heavy atom. The molecule has 1 aliphatic rings. The molecule has 0 fully saturated rings. The molecule has 0 aliphatic heterocycles. The van der Waals surface area contributed by atoms with E-state index in [1.807, 2.05) is 14.1 Å². The van der Waals surface area contributed by atoms with E-state index in [-0.39, 0.29) is 0 Å². The highest BCUT2D eigenvalue weighted by molar-refractivity contribution is 5.70. The van der Waals surface area contributed by atoms with Crippen LogP contribution in [0.3, 0.4) is 0 Å². The number of allylic oxidation sites excluding steroid dienone is 2. The van der Waals surface area contributed by atoms with E-state index in [1.165, 1.54) is 30.4 Å². The highest BCUT2D eigenvalue weighted by atomic mass is 15.5. The average Bonchev–Trinajstić information content (AvgIpc) is 2.63. The first-order chi connectivity index (χ1) is 7.96. The molecule has 1 aromatic carbocycles. The van der Waals surface area contributed by atoms with E-state index in [0.717, 1.165) is 6.54 Å². The van der Waals surface area contributed by atoms with Crippen molar-refractivity contribution in [2.24, 2.45) is 5.84 Å². The minimum atomic E-state index is 0.487. The molecular formula is C15H23N2+. The van der Waals surface area contributed by atoms with E-state index in [1.54, 1.807) is 11.1 Å². The van der Waals surface area contributed by atoms with E-state index in [2.05, 4.69) is 31.2 Å². The van der Waals surface area contributed by atoms with Gasteiger partial charge in [-0.2, -0.15) is 5.84 Å². The van der Waals surface area contributed by atoms with Gasteiger partial charge in [0.1, 0.15) is 6.54 Å². The van der Waals surface area contributed by atoms with E-state index < -0.39 is 0 Å². The zero-order chi connectivity index (χ0) is 12.5. The van der Waals surface area contributed by atoms with Crippen molar-refractivity contribution in [1.82, 2.24) is 0 Å². The number of nitrogens with two attached hydrogens (primary N) is 1. The Labute approximate surface area is 104 Å². The van der Waals surface area contributed by atoms with Gasteiger partial charge in [-0.1, -0.05) is 29.8 Å². The average molecular weight is 231 g/mol. The lowest BCUT2D eigenvalue weighted by molar-refractivity contribution is -0.915. The van der Waals surface area contributed by atoms with Gasteiger partial charge >= 0.3 is 0 Å². The second kappa shape index (κ2) is 4.63. The summed E-state index contributed by atoms with van der Waals surface area (Å²) in [5, 5.41) is 0. The lowest BCUT2D eigenvalue weighted by Crippen LogP contribution is -2.45. The van der Waals surface area contributed by atoms with Crippen molar-refractivity contribution >= 4 is 5.57 Å². The predicted octanol–water partition coefficient (Wildman–Crippen LogP) is 3.09. The minimum Gasteiger partial charge on any atom is -0.249 e. The summed E-state index contributed by atoms with van der Waals surface area (Å²) >= 11 is 0. The molecule has 0 saturated carbocycles. The second-order valence-corrected chi connectivity index (χ2v) is 5.75. The molecule has 1 aromatic rings. The first-order valence-electron chi connectivity index (χ1n) is 6.35. The summed E-state index contributed by atoms with van der Waals surface area (Å²) in [6.07, 6.45) is 3.82. The first-order valence-corrected chi connectivity index (χ1v) is 6.35. The lowest BCUT2D eigenvalue weighted by Gasteiger charge is -2.22. The first kappa shape index (κ1) is 12.3. The summed E-state index contributed by atoms with van der Waals surface area (Å²) < 4.78 is 0.487. The number of benzene rings is 1. The highest BCUT2D eigenvalue weighted by Gasteiger charge is 2.13. The van der Waals surface area contributed by atoms with Gasteiger partial charge in [-0.25, -0.2) is 4.59 Å². The van der Waals surface area contributed by atoms with E-state index >= 15 is 0 Å². The van der Waals surface area contributed by atoms with Gasteiger partial charge < -0.3 is 0 Å². The fourth-order valence-corrected chi connectivity index (χ4v) is 2.57. The Balaban J connectivity index is 2.16. The van der Waals surface area contributed by atoms with Crippen LogP contribution in [0.25, 0.3) is 5.57 Å². The van der Waals surface area contributed by atoms with Gasteiger partial charge in [0, 0.05) is 5.56 Å². The summed E-state index contributed by atoms with van der Waals surface area (Å²) in [5.74, 6) is 5.98. The Morgan fingerprint density at radius 2 is 1.76 bits per heavy atom. The summed E-state index contributed by atoms with van der Waals surface area (Å²) in [4.78, 5) is 0. The van der Waals surface area contributed by atoms with E-state index in [9.17, 15) is 0 Å². The molecule has 92 valence electrons. The van der Waals surface area contributed by atoms with E-state index in [4.69, 9.17) is 5.84 Å². The lowest BCUT2D eigenvalue weighted by atomic mass is 10.0. The van der Waals surface area contributed by atoms with Crippen LogP contribution in [-0.2, 0) is 6.54 Å². The number of nitrogens with zero attached hydrogens (tertiary/aromatic N) is 1. The number of hydrogen-bond acceptors (Lipinski definition) is 1. The topological polar surface area (TPSA) is 26.0 Å². The van der Waals surface area contributed by atoms with Crippen molar-refractivity contribution < 1.29 is 4.59 Å². The minimum absolute atomic E-state index is 0.487. The van der Waals surface area contributed by atoms with Crippen molar-refractivity contribution in [1.29, 1.82) is 0 Å². The van der Waals surface area contributed by atoms with Crippen LogP contribution in [0, 0.1) is 0 Å². The Bertz CT molecular complexity index is 421. The van der Waals surface area contributed by atoms with Crippen LogP contribution >= 0.6 is 0 Å². The Morgan fingerprint density at radius 3 is 2.24 bits per heavy atom. The van der Waals surface area contributed by atoms with Crippen LogP contribution < -0.4 is 5.84 Å².